The highest BCUT2D eigenvalue weighted by atomic mass is 16.7. The van der Waals surface area contributed by atoms with E-state index in [1.165, 1.54) is 26.2 Å². The molecule has 9 heteroatoms. The molecule has 0 aliphatic carbocycles. The fourth-order valence-corrected chi connectivity index (χ4v) is 2.54. The summed E-state index contributed by atoms with van der Waals surface area (Å²) in [5.41, 5.74) is 0.122. The molecule has 9 nitrogen and oxygen atoms in total. The summed E-state index contributed by atoms with van der Waals surface area (Å²) in [7, 11) is 1.22. The summed E-state index contributed by atoms with van der Waals surface area (Å²) < 4.78 is 15.8. The Kier molecular flexibility index (Phi) is 6.32. The monoisotopic (exact) mass is 355 g/mol. The topological polar surface area (TPSA) is 135 Å². The predicted molar refractivity (Wildman–Crippen MR) is 83.8 cm³/mol. The highest BCUT2D eigenvalue weighted by Gasteiger charge is 2.46. The zero-order valence-electron chi connectivity index (χ0n) is 13.8. The van der Waals surface area contributed by atoms with Crippen molar-refractivity contribution in [3.63, 3.8) is 0 Å². The van der Waals surface area contributed by atoms with Crippen molar-refractivity contribution < 1.29 is 39.1 Å². The number of rotatable bonds is 5. The molecule has 1 aliphatic heterocycles. The van der Waals surface area contributed by atoms with Crippen LogP contribution in [0.15, 0.2) is 24.3 Å². The molecular weight excluding hydrogens is 334 g/mol. The number of amides is 1. The van der Waals surface area contributed by atoms with Gasteiger partial charge in [0.2, 0.25) is 12.2 Å². The van der Waals surface area contributed by atoms with Crippen LogP contribution in [0, 0.1) is 0 Å². The summed E-state index contributed by atoms with van der Waals surface area (Å²) in [6.07, 6.45) is -5.22. The van der Waals surface area contributed by atoms with Crippen molar-refractivity contribution in [1.82, 2.24) is 5.32 Å². The molecule has 1 aliphatic rings. The van der Waals surface area contributed by atoms with Crippen molar-refractivity contribution in [3.8, 4) is 5.75 Å². The van der Waals surface area contributed by atoms with Crippen molar-refractivity contribution in [2.45, 2.75) is 37.6 Å². The van der Waals surface area contributed by atoms with Crippen LogP contribution < -0.4 is 10.1 Å². The van der Waals surface area contributed by atoms with E-state index >= 15 is 0 Å². The summed E-state index contributed by atoms with van der Waals surface area (Å²) in [5.74, 6) is -1.01. The van der Waals surface area contributed by atoms with Crippen LogP contribution in [-0.2, 0) is 14.3 Å². The van der Waals surface area contributed by atoms with Crippen LogP contribution in [0.4, 0.5) is 0 Å². The van der Waals surface area contributed by atoms with E-state index in [1.807, 2.05) is 0 Å². The van der Waals surface area contributed by atoms with Crippen molar-refractivity contribution >= 4 is 11.9 Å². The second kappa shape index (κ2) is 8.26. The molecule has 5 atom stereocenters. The van der Waals surface area contributed by atoms with E-state index in [4.69, 9.17) is 9.47 Å². The van der Waals surface area contributed by atoms with E-state index in [9.17, 15) is 24.9 Å². The normalized spacial score (nSPS) is 28.9. The Morgan fingerprint density at radius 1 is 1.24 bits per heavy atom. The average molecular weight is 355 g/mol. The molecule has 138 valence electrons. The minimum Gasteiger partial charge on any atom is -0.465 e. The van der Waals surface area contributed by atoms with Crippen LogP contribution in [0.2, 0.25) is 0 Å². The molecule has 1 amide bonds. The zero-order valence-corrected chi connectivity index (χ0v) is 13.8. The molecule has 1 heterocycles. The molecule has 1 saturated heterocycles. The van der Waals surface area contributed by atoms with Crippen molar-refractivity contribution in [2.75, 3.05) is 13.7 Å². The van der Waals surface area contributed by atoms with Crippen LogP contribution in [-0.4, -0.2) is 71.6 Å². The molecule has 0 bridgehead atoms. The van der Waals surface area contributed by atoms with E-state index in [1.54, 1.807) is 12.1 Å². The Bertz CT molecular complexity index is 622. The molecular formula is C16H21NO8. The van der Waals surface area contributed by atoms with Gasteiger partial charge < -0.3 is 34.8 Å². The van der Waals surface area contributed by atoms with Crippen LogP contribution in [0.25, 0.3) is 0 Å². The van der Waals surface area contributed by atoms with Crippen LogP contribution in [0.5, 0.6) is 5.75 Å². The molecule has 25 heavy (non-hydrogen) atoms. The second-order valence-electron chi connectivity index (χ2n) is 5.54. The fourth-order valence-electron chi connectivity index (χ4n) is 2.54. The first kappa shape index (κ1) is 19.1. The number of benzene rings is 1. The maximum absolute atomic E-state index is 11.8. The third-order valence-corrected chi connectivity index (χ3v) is 3.79. The number of methoxy groups -OCH3 is 1. The lowest BCUT2D eigenvalue weighted by atomic mass is 9.97. The maximum Gasteiger partial charge on any atom is 0.341 e. The first-order valence-electron chi connectivity index (χ1n) is 7.62. The predicted octanol–water partition coefficient (Wildman–Crippen LogP) is -1.20. The third kappa shape index (κ3) is 4.26. The smallest absolute Gasteiger partial charge is 0.341 e. The summed E-state index contributed by atoms with van der Waals surface area (Å²) in [4.78, 5) is 23.2. The number of para-hydroxylation sites is 1. The third-order valence-electron chi connectivity index (χ3n) is 3.79. The molecule has 1 fully saturated rings. The maximum atomic E-state index is 11.8. The number of aliphatic hydroxyl groups is 3. The Morgan fingerprint density at radius 3 is 2.52 bits per heavy atom. The molecule has 0 saturated carbocycles. The Labute approximate surface area is 144 Å². The van der Waals surface area contributed by atoms with Gasteiger partial charge in [0.25, 0.3) is 0 Å². The molecule has 0 radical (unpaired) electrons. The van der Waals surface area contributed by atoms with Gasteiger partial charge in [-0.2, -0.15) is 0 Å². The summed E-state index contributed by atoms with van der Waals surface area (Å²) in [5, 5.41) is 31.9. The van der Waals surface area contributed by atoms with Gasteiger partial charge in [-0.25, -0.2) is 4.79 Å². The first-order chi connectivity index (χ1) is 11.9. The number of aliphatic hydroxyl groups excluding tert-OH is 3. The highest BCUT2D eigenvalue weighted by molar-refractivity contribution is 5.92. The Morgan fingerprint density at radius 2 is 1.92 bits per heavy atom. The van der Waals surface area contributed by atoms with E-state index in [0.29, 0.717) is 0 Å². The molecule has 2 rings (SSSR count). The Balaban J connectivity index is 2.30. The minimum atomic E-state index is -1.44. The number of nitrogens with one attached hydrogen (secondary N) is 1. The highest BCUT2D eigenvalue weighted by Crippen LogP contribution is 2.27. The van der Waals surface area contributed by atoms with Gasteiger partial charge in [-0.1, -0.05) is 12.1 Å². The van der Waals surface area contributed by atoms with Gasteiger partial charge in [-0.15, -0.1) is 0 Å². The number of carbonyl (C=O) groups excluding carboxylic acids is 2. The molecule has 0 spiro atoms. The lowest BCUT2D eigenvalue weighted by Crippen LogP contribution is -2.65. The average Bonchev–Trinajstić information content (AvgIpc) is 2.60. The van der Waals surface area contributed by atoms with Gasteiger partial charge in [0.15, 0.2) is 0 Å². The molecule has 0 unspecified atom stereocenters. The van der Waals surface area contributed by atoms with E-state index in [2.05, 4.69) is 10.1 Å². The van der Waals surface area contributed by atoms with Crippen LogP contribution >= 0.6 is 0 Å². The number of carbonyl (C=O) groups is 2. The van der Waals surface area contributed by atoms with E-state index in [-0.39, 0.29) is 11.3 Å². The fraction of sp³-hybridized carbons (Fsp3) is 0.500. The number of hydrogen-bond donors (Lipinski definition) is 4. The molecule has 1 aromatic rings. The van der Waals surface area contributed by atoms with Gasteiger partial charge in [-0.3, -0.25) is 4.79 Å². The summed E-state index contributed by atoms with van der Waals surface area (Å²) in [6, 6.07) is 5.09. The van der Waals surface area contributed by atoms with Gasteiger partial charge in [0.1, 0.15) is 35.7 Å². The van der Waals surface area contributed by atoms with E-state index < -0.39 is 49.1 Å². The van der Waals surface area contributed by atoms with Crippen LogP contribution in [0.1, 0.15) is 17.3 Å². The standard InChI is InChI=1S/C16H21NO8/c1-8(19)17-12-14(21)13(20)11(7-18)25-16(12)24-10-6-4-3-5-9(10)15(22)23-2/h3-6,11-14,16,18,20-21H,7H2,1-2H3,(H,17,19)/t11-,12+,13-,14-,16-/m1/s1. The Hall–Kier alpha value is -2.20. The SMILES string of the molecule is COC(=O)c1ccccc1O[C@@H]1O[C@H](CO)[C@@H](O)[C@H](O)[C@@H]1NC(C)=O. The van der Waals surface area contributed by atoms with Gasteiger partial charge in [-0.05, 0) is 12.1 Å². The van der Waals surface area contributed by atoms with Crippen molar-refractivity contribution in [2.24, 2.45) is 0 Å². The number of ether oxygens (including phenoxy) is 3. The van der Waals surface area contributed by atoms with Gasteiger partial charge >= 0.3 is 5.97 Å². The second-order valence-corrected chi connectivity index (χ2v) is 5.54. The van der Waals surface area contributed by atoms with Crippen LogP contribution in [0.3, 0.4) is 0 Å². The molecule has 1 aromatic carbocycles. The number of hydrogen-bond acceptors (Lipinski definition) is 8. The number of esters is 1. The summed E-state index contributed by atoms with van der Waals surface area (Å²) >= 11 is 0. The van der Waals surface area contributed by atoms with Gasteiger partial charge in [0.05, 0.1) is 13.7 Å². The molecule has 4 N–H and O–H groups in total. The lowest BCUT2D eigenvalue weighted by molar-refractivity contribution is -0.244. The van der Waals surface area contributed by atoms with Crippen molar-refractivity contribution in [1.29, 1.82) is 0 Å². The van der Waals surface area contributed by atoms with Crippen molar-refractivity contribution in [3.05, 3.63) is 29.8 Å². The first-order valence-corrected chi connectivity index (χ1v) is 7.62. The van der Waals surface area contributed by atoms with Gasteiger partial charge in [0, 0.05) is 6.92 Å². The lowest BCUT2D eigenvalue weighted by Gasteiger charge is -2.42. The zero-order chi connectivity index (χ0) is 18.6. The largest absolute Gasteiger partial charge is 0.465 e. The molecule has 0 aromatic heterocycles. The minimum absolute atomic E-state index is 0.106. The summed E-state index contributed by atoms with van der Waals surface area (Å²) in [6.45, 7) is 0.667. The van der Waals surface area contributed by atoms with E-state index in [0.717, 1.165) is 0 Å². The quantitative estimate of drug-likeness (QED) is 0.484.